The maximum atomic E-state index is 11.2. The number of aromatic amines is 1. The first-order chi connectivity index (χ1) is 8.45. The molecule has 0 spiro atoms. The van der Waals surface area contributed by atoms with Gasteiger partial charge in [-0.1, -0.05) is 0 Å². The molecule has 0 saturated carbocycles. The summed E-state index contributed by atoms with van der Waals surface area (Å²) in [6, 6.07) is 1.56. The molecule has 0 aromatic carbocycles. The van der Waals surface area contributed by atoms with Crippen molar-refractivity contribution in [2.45, 2.75) is 17.1 Å². The Morgan fingerprint density at radius 1 is 1.33 bits per heavy atom. The van der Waals surface area contributed by atoms with Crippen LogP contribution in [-0.4, -0.2) is 24.7 Å². The first kappa shape index (κ1) is 12.3. The Balaban J connectivity index is 2.43. The van der Waals surface area contributed by atoms with Gasteiger partial charge in [-0.3, -0.25) is 19.4 Å². The summed E-state index contributed by atoms with van der Waals surface area (Å²) < 4.78 is 1.35. The molecule has 8 nitrogen and oxygen atoms in total. The Bertz CT molecular complexity index is 687. The molecule has 0 radical (unpaired) electrons. The average Bonchev–Trinajstić information content (AvgIpc) is 2.24. The van der Waals surface area contributed by atoms with Gasteiger partial charge >= 0.3 is 11.1 Å². The van der Waals surface area contributed by atoms with Crippen LogP contribution in [0.3, 0.4) is 0 Å². The second-order valence-corrected chi connectivity index (χ2v) is 4.47. The highest BCUT2D eigenvalue weighted by Gasteiger charge is 2.08. The lowest BCUT2D eigenvalue weighted by molar-refractivity contribution is 0.596. The molecule has 0 atom stereocenters. The van der Waals surface area contributed by atoms with E-state index in [9.17, 15) is 9.59 Å². The summed E-state index contributed by atoms with van der Waals surface area (Å²) in [5.74, 6) is 0.853. The van der Waals surface area contributed by atoms with E-state index in [2.05, 4.69) is 20.1 Å². The Labute approximate surface area is 105 Å². The maximum Gasteiger partial charge on any atom is 0.339 e. The normalized spacial score (nSPS) is 10.6. The highest BCUT2D eigenvalue weighted by molar-refractivity contribution is 7.99. The summed E-state index contributed by atoms with van der Waals surface area (Å²) in [7, 11) is 1.58. The third kappa shape index (κ3) is 2.56. The van der Waals surface area contributed by atoms with Gasteiger partial charge in [-0.25, -0.2) is 9.97 Å². The van der Waals surface area contributed by atoms with Gasteiger partial charge in [-0.05, 0) is 18.7 Å². The topological polar surface area (TPSA) is 120 Å². The van der Waals surface area contributed by atoms with Crippen LogP contribution in [0.15, 0.2) is 25.8 Å². The van der Waals surface area contributed by atoms with Gasteiger partial charge in [0.25, 0.3) is 0 Å². The maximum absolute atomic E-state index is 11.2. The van der Waals surface area contributed by atoms with Crippen LogP contribution in [0.5, 0.6) is 0 Å². The molecule has 94 valence electrons. The molecule has 0 saturated heterocycles. The average molecular weight is 266 g/mol. The molecule has 0 bridgehead atoms. The van der Waals surface area contributed by atoms with Crippen LogP contribution in [0.4, 0.5) is 5.82 Å². The van der Waals surface area contributed by atoms with E-state index in [4.69, 9.17) is 5.73 Å². The van der Waals surface area contributed by atoms with Crippen molar-refractivity contribution in [1.82, 2.24) is 24.7 Å². The monoisotopic (exact) mass is 266 g/mol. The number of hydrogen-bond acceptors (Lipinski definition) is 7. The van der Waals surface area contributed by atoms with Crippen molar-refractivity contribution in [3.05, 3.63) is 32.6 Å². The molecule has 2 heterocycles. The van der Waals surface area contributed by atoms with E-state index < -0.39 is 11.1 Å². The molecule has 0 aliphatic rings. The minimum absolute atomic E-state index is 0.317. The molecule has 2 aromatic heterocycles. The smallest absolute Gasteiger partial charge is 0.339 e. The number of nitrogens with two attached hydrogens (primary N) is 1. The number of aromatic nitrogens is 5. The van der Waals surface area contributed by atoms with Crippen molar-refractivity contribution in [1.29, 1.82) is 0 Å². The minimum Gasteiger partial charge on any atom is -0.384 e. The number of nitrogens with zero attached hydrogens (tertiary/aromatic N) is 4. The number of nitrogen functional groups attached to an aromatic ring is 1. The van der Waals surface area contributed by atoms with Gasteiger partial charge < -0.3 is 5.73 Å². The second kappa shape index (κ2) is 4.61. The van der Waals surface area contributed by atoms with Crippen LogP contribution < -0.4 is 16.9 Å². The van der Waals surface area contributed by atoms with Crippen molar-refractivity contribution >= 4 is 17.6 Å². The number of H-pyrrole nitrogens is 1. The fourth-order valence-corrected chi connectivity index (χ4v) is 2.12. The Morgan fingerprint density at radius 3 is 2.72 bits per heavy atom. The van der Waals surface area contributed by atoms with E-state index in [1.54, 1.807) is 20.0 Å². The van der Waals surface area contributed by atoms with Gasteiger partial charge in [0, 0.05) is 13.1 Å². The summed E-state index contributed by atoms with van der Waals surface area (Å²) in [5.41, 5.74) is 3.99. The Hall–Kier alpha value is -2.16. The summed E-state index contributed by atoms with van der Waals surface area (Å²) in [4.78, 5) is 34.0. The van der Waals surface area contributed by atoms with E-state index in [1.165, 1.54) is 4.68 Å². The summed E-state index contributed by atoms with van der Waals surface area (Å²) in [6.07, 6.45) is 0. The third-order valence-corrected chi connectivity index (χ3v) is 2.94. The lowest BCUT2D eigenvalue weighted by atomic mass is 10.5. The zero-order valence-corrected chi connectivity index (χ0v) is 10.5. The number of nitrogens with one attached hydrogen (secondary N) is 1. The number of anilines is 1. The molecule has 0 aliphatic heterocycles. The molecule has 9 heteroatoms. The van der Waals surface area contributed by atoms with Gasteiger partial charge in [-0.2, -0.15) is 4.98 Å². The molecule has 0 amide bonds. The van der Waals surface area contributed by atoms with E-state index in [1.807, 2.05) is 0 Å². The zero-order valence-electron chi connectivity index (χ0n) is 9.67. The molecule has 0 unspecified atom stereocenters. The molecular weight excluding hydrogens is 256 g/mol. The Morgan fingerprint density at radius 2 is 2.06 bits per heavy atom. The van der Waals surface area contributed by atoms with Crippen LogP contribution >= 0.6 is 11.8 Å². The summed E-state index contributed by atoms with van der Waals surface area (Å²) in [5, 5.41) is 3.21. The van der Waals surface area contributed by atoms with Gasteiger partial charge in [0.1, 0.15) is 16.7 Å². The largest absolute Gasteiger partial charge is 0.384 e. The zero-order chi connectivity index (χ0) is 13.3. The fourth-order valence-electron chi connectivity index (χ4n) is 1.26. The summed E-state index contributed by atoms with van der Waals surface area (Å²) >= 11 is 1.12. The fraction of sp³-hybridized carbons (Fsp3) is 0.222. The molecule has 18 heavy (non-hydrogen) atoms. The summed E-state index contributed by atoms with van der Waals surface area (Å²) in [6.45, 7) is 1.71. The van der Waals surface area contributed by atoms with Crippen molar-refractivity contribution in [3.63, 3.8) is 0 Å². The van der Waals surface area contributed by atoms with Crippen LogP contribution in [0.1, 0.15) is 5.82 Å². The first-order valence-electron chi connectivity index (χ1n) is 4.92. The van der Waals surface area contributed by atoms with Crippen LogP contribution in [0.25, 0.3) is 0 Å². The van der Waals surface area contributed by atoms with Gasteiger partial charge in [0.15, 0.2) is 5.16 Å². The first-order valence-corrected chi connectivity index (χ1v) is 5.74. The molecule has 2 aromatic rings. The van der Waals surface area contributed by atoms with Crippen molar-refractivity contribution < 1.29 is 0 Å². The lowest BCUT2D eigenvalue weighted by Gasteiger charge is -2.05. The second-order valence-electron chi connectivity index (χ2n) is 3.48. The number of aryl methyl sites for hydroxylation is 2. The Kier molecular flexibility index (Phi) is 3.15. The molecular formula is C9H10N6O2S. The number of rotatable bonds is 2. The van der Waals surface area contributed by atoms with Crippen LogP contribution in [0.2, 0.25) is 0 Å². The van der Waals surface area contributed by atoms with Crippen molar-refractivity contribution in [3.8, 4) is 0 Å². The van der Waals surface area contributed by atoms with E-state index >= 15 is 0 Å². The van der Waals surface area contributed by atoms with Gasteiger partial charge in [0.05, 0.1) is 0 Å². The highest BCUT2D eigenvalue weighted by Crippen LogP contribution is 2.23. The molecule has 2 rings (SSSR count). The van der Waals surface area contributed by atoms with Crippen molar-refractivity contribution in [2.24, 2.45) is 7.05 Å². The quantitative estimate of drug-likeness (QED) is 0.544. The SMILES string of the molecule is Cc1nc(N)cc(Sc2nc(=O)c(=O)[nH]n2C)n1. The highest BCUT2D eigenvalue weighted by atomic mass is 32.2. The van der Waals surface area contributed by atoms with E-state index in [-0.39, 0.29) is 0 Å². The predicted octanol–water partition coefficient (Wildman–Crippen LogP) is -0.700. The molecule has 0 aliphatic carbocycles. The van der Waals surface area contributed by atoms with Crippen LogP contribution in [0, 0.1) is 6.92 Å². The van der Waals surface area contributed by atoms with Gasteiger partial charge in [0.2, 0.25) is 0 Å². The molecule has 3 N–H and O–H groups in total. The number of hydrogen-bond donors (Lipinski definition) is 2. The van der Waals surface area contributed by atoms with Crippen molar-refractivity contribution in [2.75, 3.05) is 5.73 Å². The van der Waals surface area contributed by atoms with Crippen LogP contribution in [-0.2, 0) is 7.05 Å². The van der Waals surface area contributed by atoms with E-state index in [0.717, 1.165) is 11.8 Å². The molecule has 0 fully saturated rings. The standard InChI is InChI=1S/C9H10N6O2S/c1-4-11-5(10)3-6(12-4)18-9-13-7(16)8(17)14-15(9)2/h3H,1-2H3,(H,14,17)(H2,10,11,12). The third-order valence-electron chi connectivity index (χ3n) is 1.98. The minimum atomic E-state index is -0.839. The van der Waals surface area contributed by atoms with Gasteiger partial charge in [-0.15, -0.1) is 0 Å². The predicted molar refractivity (Wildman–Crippen MR) is 65.4 cm³/mol. The van der Waals surface area contributed by atoms with E-state index in [0.29, 0.717) is 21.8 Å². The lowest BCUT2D eigenvalue weighted by Crippen LogP contribution is -2.33.